The first kappa shape index (κ1) is 15.1. The number of piperidine rings is 2. The van der Waals surface area contributed by atoms with Crippen molar-refractivity contribution in [3.63, 3.8) is 0 Å². The highest BCUT2D eigenvalue weighted by Crippen LogP contribution is 2.32. The summed E-state index contributed by atoms with van der Waals surface area (Å²) in [5, 5.41) is 3.34. The molecule has 2 aliphatic rings. The van der Waals surface area contributed by atoms with Crippen molar-refractivity contribution in [1.82, 2.24) is 10.2 Å². The van der Waals surface area contributed by atoms with Crippen molar-refractivity contribution in [3.05, 3.63) is 0 Å². The molecule has 2 aliphatic heterocycles. The smallest absolute Gasteiger partial charge is 0.371 e. The van der Waals surface area contributed by atoms with E-state index in [1.54, 1.807) is 0 Å². The number of fused-ring (bicyclic) bond motifs is 2. The summed E-state index contributed by atoms with van der Waals surface area (Å²) in [6.45, 7) is -0.515. The molecule has 2 fully saturated rings. The van der Waals surface area contributed by atoms with E-state index in [4.69, 9.17) is 0 Å². The van der Waals surface area contributed by atoms with Gasteiger partial charge < -0.3 is 15.0 Å². The van der Waals surface area contributed by atoms with Gasteiger partial charge in [0.2, 0.25) is 0 Å². The molecule has 2 heterocycles. The Morgan fingerprint density at radius 2 is 1.84 bits per heavy atom. The fourth-order valence-corrected chi connectivity index (χ4v) is 3.31. The van der Waals surface area contributed by atoms with Crippen LogP contribution in [0.15, 0.2) is 0 Å². The normalized spacial score (nSPS) is 32.5. The highest BCUT2D eigenvalue weighted by atomic mass is 19.4. The third kappa shape index (κ3) is 4.61. The summed E-state index contributed by atoms with van der Waals surface area (Å²) in [6, 6.07) is 1.71. The van der Waals surface area contributed by atoms with Crippen molar-refractivity contribution in [2.75, 3.05) is 26.8 Å². The van der Waals surface area contributed by atoms with Crippen LogP contribution in [-0.2, 0) is 4.74 Å². The molecule has 2 unspecified atom stereocenters. The minimum absolute atomic E-state index is 0.126. The van der Waals surface area contributed by atoms with Crippen molar-refractivity contribution in [2.45, 2.75) is 56.4 Å². The number of nitrogens with zero attached hydrogens (tertiary/aromatic N) is 1. The van der Waals surface area contributed by atoms with E-state index in [1.807, 2.05) is 0 Å². The van der Waals surface area contributed by atoms with Crippen molar-refractivity contribution in [3.8, 4) is 0 Å². The first-order valence-corrected chi connectivity index (χ1v) is 7.05. The molecule has 2 bridgehead atoms. The number of rotatable bonds is 5. The van der Waals surface area contributed by atoms with Crippen LogP contribution < -0.4 is 5.32 Å². The van der Waals surface area contributed by atoms with Crippen LogP contribution in [0.3, 0.4) is 0 Å². The molecule has 2 saturated heterocycles. The fraction of sp³-hybridized carbons (Fsp3) is 1.00. The van der Waals surface area contributed by atoms with Crippen LogP contribution in [0.1, 0.15) is 32.1 Å². The molecule has 0 aromatic rings. The Morgan fingerprint density at radius 3 is 2.42 bits per heavy atom. The molecule has 0 spiro atoms. The highest BCUT2D eigenvalue weighted by Gasteiger charge is 2.35. The van der Waals surface area contributed by atoms with Gasteiger partial charge >= 0.3 is 6.18 Å². The predicted octanol–water partition coefficient (Wildman–Crippen LogP) is 2.17. The van der Waals surface area contributed by atoms with Crippen LogP contribution in [0.4, 0.5) is 13.2 Å². The number of hydrogen-bond donors (Lipinski definition) is 1. The average molecular weight is 280 g/mol. The van der Waals surface area contributed by atoms with E-state index in [-0.39, 0.29) is 6.61 Å². The van der Waals surface area contributed by atoms with Crippen molar-refractivity contribution >= 4 is 0 Å². The van der Waals surface area contributed by atoms with Crippen molar-refractivity contribution in [2.24, 2.45) is 0 Å². The largest absolute Gasteiger partial charge is 0.411 e. The van der Waals surface area contributed by atoms with Crippen LogP contribution in [0.25, 0.3) is 0 Å². The van der Waals surface area contributed by atoms with Gasteiger partial charge in [0.05, 0.1) is 6.61 Å². The molecule has 112 valence electrons. The minimum Gasteiger partial charge on any atom is -0.371 e. The third-order valence-corrected chi connectivity index (χ3v) is 4.28. The monoisotopic (exact) mass is 280 g/mol. The zero-order valence-corrected chi connectivity index (χ0v) is 11.4. The minimum atomic E-state index is -4.22. The van der Waals surface area contributed by atoms with Crippen LogP contribution in [0.5, 0.6) is 0 Å². The van der Waals surface area contributed by atoms with E-state index >= 15 is 0 Å². The molecule has 6 heteroatoms. The van der Waals surface area contributed by atoms with Gasteiger partial charge in [-0.05, 0) is 32.7 Å². The van der Waals surface area contributed by atoms with Gasteiger partial charge in [-0.2, -0.15) is 13.2 Å². The van der Waals surface area contributed by atoms with Crippen LogP contribution in [-0.4, -0.2) is 56.0 Å². The van der Waals surface area contributed by atoms with Crippen LogP contribution >= 0.6 is 0 Å². The van der Waals surface area contributed by atoms with Crippen LogP contribution in [0, 0.1) is 0 Å². The topological polar surface area (TPSA) is 24.5 Å². The first-order valence-electron chi connectivity index (χ1n) is 7.05. The lowest BCUT2D eigenvalue weighted by atomic mass is 9.82. The SMILES string of the molecule is CN1C2CCCC1CC(NCCOCC(F)(F)F)C2. The van der Waals surface area contributed by atoms with E-state index < -0.39 is 12.8 Å². The van der Waals surface area contributed by atoms with Gasteiger partial charge in [-0.25, -0.2) is 0 Å². The maximum Gasteiger partial charge on any atom is 0.411 e. The summed E-state index contributed by atoms with van der Waals surface area (Å²) >= 11 is 0. The Labute approximate surface area is 112 Å². The first-order chi connectivity index (χ1) is 8.96. The molecule has 3 nitrogen and oxygen atoms in total. The van der Waals surface area contributed by atoms with E-state index in [9.17, 15) is 13.2 Å². The Balaban J connectivity index is 1.62. The fourth-order valence-electron chi connectivity index (χ4n) is 3.31. The summed E-state index contributed by atoms with van der Waals surface area (Å²) in [4.78, 5) is 2.47. The van der Waals surface area contributed by atoms with Gasteiger partial charge in [0.15, 0.2) is 0 Å². The zero-order valence-electron chi connectivity index (χ0n) is 11.4. The molecule has 0 saturated carbocycles. The summed E-state index contributed by atoms with van der Waals surface area (Å²) in [5.41, 5.74) is 0. The third-order valence-electron chi connectivity index (χ3n) is 4.28. The molecule has 0 aromatic carbocycles. The van der Waals surface area contributed by atoms with Crippen molar-refractivity contribution < 1.29 is 17.9 Å². The Morgan fingerprint density at radius 1 is 1.21 bits per heavy atom. The number of halogens is 3. The second-order valence-electron chi connectivity index (χ2n) is 5.69. The highest BCUT2D eigenvalue weighted by molar-refractivity contribution is 4.93. The van der Waals surface area contributed by atoms with E-state index in [0.29, 0.717) is 24.7 Å². The summed E-state index contributed by atoms with van der Waals surface area (Å²) in [5.74, 6) is 0. The van der Waals surface area contributed by atoms with Gasteiger partial charge in [0, 0.05) is 24.7 Å². The second kappa shape index (κ2) is 6.41. The van der Waals surface area contributed by atoms with Gasteiger partial charge in [-0.15, -0.1) is 0 Å². The maximum atomic E-state index is 11.9. The molecule has 0 radical (unpaired) electrons. The lowest BCUT2D eigenvalue weighted by Gasteiger charge is -2.47. The van der Waals surface area contributed by atoms with Gasteiger partial charge in [-0.3, -0.25) is 0 Å². The predicted molar refractivity (Wildman–Crippen MR) is 67.1 cm³/mol. The molecule has 0 amide bonds. The van der Waals surface area contributed by atoms with Gasteiger partial charge in [-0.1, -0.05) is 6.42 Å². The Bertz CT molecular complexity index is 272. The molecule has 19 heavy (non-hydrogen) atoms. The van der Waals surface area contributed by atoms with Gasteiger partial charge in [0.1, 0.15) is 6.61 Å². The molecule has 1 N–H and O–H groups in total. The lowest BCUT2D eigenvalue weighted by Crippen LogP contribution is -2.54. The standard InChI is InChI=1S/C13H23F3N2O/c1-18-11-3-2-4-12(18)8-10(7-11)17-5-6-19-9-13(14,15)16/h10-12,17H,2-9H2,1H3. The summed E-state index contributed by atoms with van der Waals surface area (Å²) in [6.07, 6.45) is 1.79. The molecule has 2 rings (SSSR count). The van der Waals surface area contributed by atoms with E-state index in [1.165, 1.54) is 19.3 Å². The Kier molecular flexibility index (Phi) is 5.09. The number of hydrogen-bond acceptors (Lipinski definition) is 3. The second-order valence-corrected chi connectivity index (χ2v) is 5.69. The number of alkyl halides is 3. The van der Waals surface area contributed by atoms with E-state index in [2.05, 4.69) is 22.0 Å². The molecular weight excluding hydrogens is 257 g/mol. The average Bonchev–Trinajstić information content (AvgIpc) is 2.28. The molecule has 2 atom stereocenters. The summed E-state index contributed by atoms with van der Waals surface area (Å²) < 4.78 is 40.3. The van der Waals surface area contributed by atoms with E-state index in [0.717, 1.165) is 12.8 Å². The number of ether oxygens (including phenoxy) is 1. The Hall–Kier alpha value is -0.330. The summed E-state index contributed by atoms with van der Waals surface area (Å²) in [7, 11) is 2.19. The molecular formula is C13H23F3N2O. The number of nitrogens with one attached hydrogen (secondary N) is 1. The van der Waals surface area contributed by atoms with Crippen LogP contribution in [0.2, 0.25) is 0 Å². The quantitative estimate of drug-likeness (QED) is 0.781. The van der Waals surface area contributed by atoms with Crippen molar-refractivity contribution in [1.29, 1.82) is 0 Å². The lowest BCUT2D eigenvalue weighted by molar-refractivity contribution is -0.173. The zero-order chi connectivity index (χ0) is 13.9. The maximum absolute atomic E-state index is 11.9. The van der Waals surface area contributed by atoms with Gasteiger partial charge in [0.25, 0.3) is 0 Å². The molecule has 0 aromatic heterocycles. The molecule has 0 aliphatic carbocycles.